The van der Waals surface area contributed by atoms with Gasteiger partial charge in [-0.25, -0.2) is 0 Å². The normalized spacial score (nSPS) is 18.9. The first kappa shape index (κ1) is 15.6. The van der Waals surface area contributed by atoms with Gasteiger partial charge in [-0.2, -0.15) is 0 Å². The van der Waals surface area contributed by atoms with E-state index in [1.165, 1.54) is 0 Å². The van der Waals surface area contributed by atoms with E-state index in [0.29, 0.717) is 10.8 Å². The monoisotopic (exact) mass is 310 g/mol. The molecule has 1 aliphatic heterocycles. The van der Waals surface area contributed by atoms with Gasteiger partial charge >= 0.3 is 0 Å². The maximum Gasteiger partial charge on any atom is 0.243 e. The molecule has 1 atom stereocenters. The van der Waals surface area contributed by atoms with Crippen molar-refractivity contribution in [1.82, 2.24) is 10.2 Å². The molecule has 21 heavy (non-hydrogen) atoms. The fourth-order valence-corrected chi connectivity index (χ4v) is 2.79. The Labute approximate surface area is 129 Å². The predicted molar refractivity (Wildman–Crippen MR) is 80.2 cm³/mol. The van der Waals surface area contributed by atoms with Crippen molar-refractivity contribution in [2.45, 2.75) is 26.4 Å². The van der Waals surface area contributed by atoms with E-state index >= 15 is 0 Å². The molecule has 1 heterocycles. The van der Waals surface area contributed by atoms with Crippen molar-refractivity contribution < 1.29 is 14.3 Å². The summed E-state index contributed by atoms with van der Waals surface area (Å²) in [5, 5.41) is 3.15. The molecular weight excluding hydrogens is 292 g/mol. The minimum Gasteiger partial charge on any atom is -0.496 e. The summed E-state index contributed by atoms with van der Waals surface area (Å²) >= 11 is 6.22. The Kier molecular flexibility index (Phi) is 4.73. The van der Waals surface area contributed by atoms with Gasteiger partial charge in [0.2, 0.25) is 11.8 Å². The minimum atomic E-state index is -0.493. The second-order valence-corrected chi connectivity index (χ2v) is 5.76. The molecule has 1 aromatic rings. The molecule has 1 N–H and O–H groups in total. The zero-order chi connectivity index (χ0) is 15.6. The van der Waals surface area contributed by atoms with Crippen molar-refractivity contribution in [2.24, 2.45) is 5.92 Å². The van der Waals surface area contributed by atoms with Gasteiger partial charge in [0.25, 0.3) is 0 Å². The average Bonchev–Trinajstić information content (AvgIpc) is 2.44. The summed E-state index contributed by atoms with van der Waals surface area (Å²) in [6.07, 6.45) is 0. The summed E-state index contributed by atoms with van der Waals surface area (Å²) in [5.41, 5.74) is 0.718. The van der Waals surface area contributed by atoms with Crippen molar-refractivity contribution in [3.05, 3.63) is 28.8 Å². The van der Waals surface area contributed by atoms with Crippen LogP contribution in [0.4, 0.5) is 0 Å². The summed E-state index contributed by atoms with van der Waals surface area (Å²) in [4.78, 5) is 25.8. The topological polar surface area (TPSA) is 58.6 Å². The number of carbonyl (C=O) groups is 2. The number of ether oxygens (including phenoxy) is 1. The summed E-state index contributed by atoms with van der Waals surface area (Å²) < 4.78 is 5.30. The third-order valence-electron chi connectivity index (χ3n) is 3.59. The Morgan fingerprint density at radius 2 is 2.14 bits per heavy atom. The SMILES string of the molecule is COc1cccc(Cl)c1CN1C(=O)CNC(=O)C1C(C)C. The molecule has 5 nitrogen and oxygen atoms in total. The lowest BCUT2D eigenvalue weighted by Crippen LogP contribution is -2.59. The first-order chi connectivity index (χ1) is 9.95. The summed E-state index contributed by atoms with van der Waals surface area (Å²) in [7, 11) is 1.56. The Bertz CT molecular complexity index is 560. The number of nitrogens with zero attached hydrogens (tertiary/aromatic N) is 1. The van der Waals surface area contributed by atoms with Gasteiger partial charge in [-0.15, -0.1) is 0 Å². The molecular formula is C15H19ClN2O3. The number of methoxy groups -OCH3 is 1. The molecule has 6 heteroatoms. The van der Waals surface area contributed by atoms with Crippen LogP contribution in [0.25, 0.3) is 0 Å². The zero-order valence-corrected chi connectivity index (χ0v) is 13.1. The maximum atomic E-state index is 12.2. The molecule has 1 saturated heterocycles. The van der Waals surface area contributed by atoms with Gasteiger partial charge in [-0.05, 0) is 18.1 Å². The molecule has 0 radical (unpaired) electrons. The number of amides is 2. The van der Waals surface area contributed by atoms with Crippen LogP contribution in [0, 0.1) is 5.92 Å². The minimum absolute atomic E-state index is 0.0164. The highest BCUT2D eigenvalue weighted by molar-refractivity contribution is 6.31. The molecule has 0 aliphatic carbocycles. The lowest BCUT2D eigenvalue weighted by atomic mass is 9.98. The summed E-state index contributed by atoms with van der Waals surface area (Å²) in [5.74, 6) is 0.386. The number of piperazine rings is 1. The van der Waals surface area contributed by atoms with Gasteiger partial charge in [0.15, 0.2) is 0 Å². The Balaban J connectivity index is 2.35. The van der Waals surface area contributed by atoms with Crippen molar-refractivity contribution >= 4 is 23.4 Å². The lowest BCUT2D eigenvalue weighted by molar-refractivity contribution is -0.148. The molecule has 2 rings (SSSR count). The number of rotatable bonds is 4. The summed E-state index contributed by atoms with van der Waals surface area (Å²) in [6, 6.07) is 4.83. The van der Waals surface area contributed by atoms with E-state index in [4.69, 9.17) is 16.3 Å². The number of nitrogens with one attached hydrogen (secondary N) is 1. The highest BCUT2D eigenvalue weighted by Crippen LogP contribution is 2.29. The quantitative estimate of drug-likeness (QED) is 0.923. The van der Waals surface area contributed by atoms with Crippen LogP contribution in [0.5, 0.6) is 5.75 Å². The van der Waals surface area contributed by atoms with E-state index in [-0.39, 0.29) is 30.8 Å². The average molecular weight is 311 g/mol. The zero-order valence-electron chi connectivity index (χ0n) is 12.4. The lowest BCUT2D eigenvalue weighted by Gasteiger charge is -2.37. The molecule has 1 fully saturated rings. The second-order valence-electron chi connectivity index (χ2n) is 5.35. The predicted octanol–water partition coefficient (Wildman–Crippen LogP) is 1.83. The standard InChI is InChI=1S/C15H19ClN2O3/c1-9(2)14-15(20)17-7-13(19)18(14)8-10-11(16)5-4-6-12(10)21-3/h4-6,9,14H,7-8H2,1-3H3,(H,17,20). The van der Waals surface area contributed by atoms with Gasteiger partial charge in [0.1, 0.15) is 11.8 Å². The van der Waals surface area contributed by atoms with Gasteiger partial charge in [0, 0.05) is 10.6 Å². The highest BCUT2D eigenvalue weighted by Gasteiger charge is 2.37. The second kappa shape index (κ2) is 6.35. The van der Waals surface area contributed by atoms with E-state index in [1.807, 2.05) is 13.8 Å². The van der Waals surface area contributed by atoms with Gasteiger partial charge in [0.05, 0.1) is 20.2 Å². The number of carbonyl (C=O) groups excluding carboxylic acids is 2. The van der Waals surface area contributed by atoms with Crippen LogP contribution in [0.1, 0.15) is 19.4 Å². The molecule has 114 valence electrons. The smallest absolute Gasteiger partial charge is 0.243 e. The largest absolute Gasteiger partial charge is 0.496 e. The fourth-order valence-electron chi connectivity index (χ4n) is 2.57. The van der Waals surface area contributed by atoms with E-state index in [0.717, 1.165) is 5.56 Å². The van der Waals surface area contributed by atoms with Gasteiger partial charge < -0.3 is 15.0 Å². The van der Waals surface area contributed by atoms with Crippen LogP contribution >= 0.6 is 11.6 Å². The Morgan fingerprint density at radius 3 is 2.76 bits per heavy atom. The molecule has 0 aromatic heterocycles. The fraction of sp³-hybridized carbons (Fsp3) is 0.467. The molecule has 0 spiro atoms. The van der Waals surface area contributed by atoms with Crippen molar-refractivity contribution in [2.75, 3.05) is 13.7 Å². The van der Waals surface area contributed by atoms with Crippen LogP contribution < -0.4 is 10.1 Å². The van der Waals surface area contributed by atoms with E-state index < -0.39 is 6.04 Å². The molecule has 0 saturated carbocycles. The van der Waals surface area contributed by atoms with Crippen molar-refractivity contribution in [1.29, 1.82) is 0 Å². The first-order valence-corrected chi connectivity index (χ1v) is 7.22. The van der Waals surface area contributed by atoms with Crippen LogP contribution in [-0.4, -0.2) is 36.4 Å². The Morgan fingerprint density at radius 1 is 1.43 bits per heavy atom. The highest BCUT2D eigenvalue weighted by atomic mass is 35.5. The molecule has 1 aliphatic rings. The van der Waals surface area contributed by atoms with Crippen LogP contribution in [0.2, 0.25) is 5.02 Å². The van der Waals surface area contributed by atoms with E-state index in [9.17, 15) is 9.59 Å². The van der Waals surface area contributed by atoms with Crippen LogP contribution in [-0.2, 0) is 16.1 Å². The third-order valence-corrected chi connectivity index (χ3v) is 3.95. The number of benzene rings is 1. The molecule has 2 amide bonds. The first-order valence-electron chi connectivity index (χ1n) is 6.84. The van der Waals surface area contributed by atoms with Gasteiger partial charge in [-0.3, -0.25) is 9.59 Å². The third kappa shape index (κ3) is 3.13. The van der Waals surface area contributed by atoms with Crippen molar-refractivity contribution in [3.8, 4) is 5.75 Å². The van der Waals surface area contributed by atoms with E-state index in [2.05, 4.69) is 5.32 Å². The number of hydrogen-bond acceptors (Lipinski definition) is 3. The number of hydrogen-bond donors (Lipinski definition) is 1. The molecule has 1 unspecified atom stereocenters. The van der Waals surface area contributed by atoms with E-state index in [1.54, 1.807) is 30.2 Å². The Hall–Kier alpha value is -1.75. The van der Waals surface area contributed by atoms with Crippen LogP contribution in [0.15, 0.2) is 18.2 Å². The van der Waals surface area contributed by atoms with Crippen molar-refractivity contribution in [3.63, 3.8) is 0 Å². The molecule has 0 bridgehead atoms. The molecule has 1 aromatic carbocycles. The maximum absolute atomic E-state index is 12.2. The van der Waals surface area contributed by atoms with Gasteiger partial charge in [-0.1, -0.05) is 31.5 Å². The number of halogens is 1. The summed E-state index contributed by atoms with van der Waals surface area (Å²) in [6.45, 7) is 4.12. The van der Waals surface area contributed by atoms with Crippen LogP contribution in [0.3, 0.4) is 0 Å².